The summed E-state index contributed by atoms with van der Waals surface area (Å²) in [5.41, 5.74) is 2.80. The van der Waals surface area contributed by atoms with Gasteiger partial charge in [0.05, 0.1) is 6.61 Å². The van der Waals surface area contributed by atoms with Gasteiger partial charge in [0.25, 0.3) is 0 Å². The van der Waals surface area contributed by atoms with Crippen molar-refractivity contribution in [2.75, 3.05) is 0 Å². The highest BCUT2D eigenvalue weighted by Crippen LogP contribution is 2.40. The molecule has 21 heavy (non-hydrogen) atoms. The zero-order valence-electron chi connectivity index (χ0n) is 13.9. The van der Waals surface area contributed by atoms with Gasteiger partial charge in [0, 0.05) is 12.6 Å². The van der Waals surface area contributed by atoms with E-state index in [1.165, 1.54) is 37.7 Å². The quantitative estimate of drug-likeness (QED) is 0.820. The average molecular weight is 289 g/mol. The lowest BCUT2D eigenvalue weighted by Crippen LogP contribution is -2.36. The summed E-state index contributed by atoms with van der Waals surface area (Å²) in [4.78, 5) is 0. The lowest BCUT2D eigenvalue weighted by atomic mass is 9.69. The zero-order valence-corrected chi connectivity index (χ0v) is 13.9. The number of hydrogen-bond acceptors (Lipinski definition) is 2. The summed E-state index contributed by atoms with van der Waals surface area (Å²) in [6.45, 7) is 8.24. The average Bonchev–Trinajstić information content (AvgIpc) is 2.54. The highest BCUT2D eigenvalue weighted by atomic mass is 16.3. The van der Waals surface area contributed by atoms with E-state index >= 15 is 0 Å². The third-order valence-corrected chi connectivity index (χ3v) is 5.54. The van der Waals surface area contributed by atoms with Gasteiger partial charge in [0.1, 0.15) is 0 Å². The van der Waals surface area contributed by atoms with E-state index < -0.39 is 0 Å². The molecule has 0 heterocycles. The summed E-state index contributed by atoms with van der Waals surface area (Å²) in [6, 6.07) is 8.93. The van der Waals surface area contributed by atoms with Gasteiger partial charge in [-0.1, -0.05) is 51.5 Å². The topological polar surface area (TPSA) is 32.3 Å². The van der Waals surface area contributed by atoms with Crippen molar-refractivity contribution >= 4 is 0 Å². The highest BCUT2D eigenvalue weighted by Gasteiger charge is 2.31. The fourth-order valence-electron chi connectivity index (χ4n) is 3.39. The number of nitrogens with one attached hydrogen (secondary N) is 1. The second-order valence-electron chi connectivity index (χ2n) is 7.25. The van der Waals surface area contributed by atoms with Crippen LogP contribution in [-0.4, -0.2) is 11.1 Å². The molecule has 2 N–H and O–H groups in total. The van der Waals surface area contributed by atoms with Crippen LogP contribution in [0.5, 0.6) is 0 Å². The van der Waals surface area contributed by atoms with E-state index in [9.17, 15) is 0 Å². The predicted octanol–water partition coefficient (Wildman–Crippen LogP) is 4.26. The second-order valence-corrected chi connectivity index (χ2v) is 7.25. The maximum absolute atomic E-state index is 9.06. The summed E-state index contributed by atoms with van der Waals surface area (Å²) in [5, 5.41) is 12.8. The number of rotatable bonds is 6. The second kappa shape index (κ2) is 7.42. The minimum absolute atomic E-state index is 0.130. The first-order chi connectivity index (χ1) is 10.0. The Balaban J connectivity index is 1.76. The standard InChI is InChI=1S/C19H31NO/c1-4-19(2,3)17-9-11-18(12-10-17)20-13-15-5-7-16(14-21)8-6-15/h5-8,17-18,20-21H,4,9-14H2,1-3H3. The normalized spacial score (nSPS) is 23.2. The van der Waals surface area contributed by atoms with Gasteiger partial charge in [-0.25, -0.2) is 0 Å². The Morgan fingerprint density at radius 3 is 2.14 bits per heavy atom. The molecule has 1 aromatic carbocycles. The van der Waals surface area contributed by atoms with Crippen LogP contribution in [0.3, 0.4) is 0 Å². The van der Waals surface area contributed by atoms with Crippen LogP contribution >= 0.6 is 0 Å². The number of aliphatic hydroxyl groups excluding tert-OH is 1. The molecule has 1 aliphatic carbocycles. The molecule has 0 radical (unpaired) electrons. The van der Waals surface area contributed by atoms with Crippen LogP contribution in [0.1, 0.15) is 64.0 Å². The van der Waals surface area contributed by atoms with Gasteiger partial charge in [-0.05, 0) is 48.1 Å². The highest BCUT2D eigenvalue weighted by molar-refractivity contribution is 5.21. The number of aliphatic hydroxyl groups is 1. The largest absolute Gasteiger partial charge is 0.392 e. The van der Waals surface area contributed by atoms with Crippen LogP contribution in [-0.2, 0) is 13.2 Å². The van der Waals surface area contributed by atoms with Gasteiger partial charge in [-0.3, -0.25) is 0 Å². The van der Waals surface area contributed by atoms with Crippen molar-refractivity contribution in [3.05, 3.63) is 35.4 Å². The predicted molar refractivity (Wildman–Crippen MR) is 89.0 cm³/mol. The molecule has 0 bridgehead atoms. The first-order valence-electron chi connectivity index (χ1n) is 8.47. The molecule has 1 aliphatic rings. The van der Waals surface area contributed by atoms with E-state index in [1.807, 2.05) is 12.1 Å². The summed E-state index contributed by atoms with van der Waals surface area (Å²) < 4.78 is 0. The Bertz CT molecular complexity index is 416. The Morgan fingerprint density at radius 1 is 1.05 bits per heavy atom. The fraction of sp³-hybridized carbons (Fsp3) is 0.684. The van der Waals surface area contributed by atoms with E-state index in [1.54, 1.807) is 0 Å². The van der Waals surface area contributed by atoms with Gasteiger partial charge in [-0.15, -0.1) is 0 Å². The molecular weight excluding hydrogens is 258 g/mol. The van der Waals surface area contributed by atoms with Crippen molar-refractivity contribution in [3.63, 3.8) is 0 Å². The third-order valence-electron chi connectivity index (χ3n) is 5.54. The summed E-state index contributed by atoms with van der Waals surface area (Å²) in [7, 11) is 0. The Labute approximate surface area is 130 Å². The summed E-state index contributed by atoms with van der Waals surface area (Å²) in [6.07, 6.45) is 6.63. The fourth-order valence-corrected chi connectivity index (χ4v) is 3.39. The minimum atomic E-state index is 0.130. The lowest BCUT2D eigenvalue weighted by Gasteiger charge is -2.39. The van der Waals surface area contributed by atoms with Crippen molar-refractivity contribution < 1.29 is 5.11 Å². The summed E-state index contributed by atoms with van der Waals surface area (Å²) >= 11 is 0. The molecule has 2 rings (SSSR count). The Hall–Kier alpha value is -0.860. The molecule has 0 aliphatic heterocycles. The summed E-state index contributed by atoms with van der Waals surface area (Å²) in [5.74, 6) is 0.893. The molecule has 2 heteroatoms. The van der Waals surface area contributed by atoms with Crippen molar-refractivity contribution in [2.24, 2.45) is 11.3 Å². The first kappa shape index (κ1) is 16.5. The van der Waals surface area contributed by atoms with Gasteiger partial charge in [0.15, 0.2) is 0 Å². The number of benzene rings is 1. The molecule has 0 aromatic heterocycles. The van der Waals surface area contributed by atoms with Gasteiger partial charge in [0.2, 0.25) is 0 Å². The van der Waals surface area contributed by atoms with Crippen molar-refractivity contribution in [3.8, 4) is 0 Å². The molecule has 1 fully saturated rings. The van der Waals surface area contributed by atoms with Crippen LogP contribution in [0.2, 0.25) is 0 Å². The van der Waals surface area contributed by atoms with E-state index in [-0.39, 0.29) is 6.61 Å². The van der Waals surface area contributed by atoms with Crippen LogP contribution < -0.4 is 5.32 Å². The molecule has 1 saturated carbocycles. The van der Waals surface area contributed by atoms with E-state index in [2.05, 4.69) is 38.2 Å². The van der Waals surface area contributed by atoms with Crippen LogP contribution in [0.15, 0.2) is 24.3 Å². The molecular formula is C19H31NO. The van der Waals surface area contributed by atoms with E-state index in [0.717, 1.165) is 18.0 Å². The van der Waals surface area contributed by atoms with Crippen LogP contribution in [0, 0.1) is 11.3 Å². The molecule has 0 unspecified atom stereocenters. The lowest BCUT2D eigenvalue weighted by molar-refractivity contribution is 0.137. The zero-order chi connectivity index (χ0) is 15.3. The molecule has 0 atom stereocenters. The van der Waals surface area contributed by atoms with Crippen LogP contribution in [0.25, 0.3) is 0 Å². The van der Waals surface area contributed by atoms with Gasteiger partial charge >= 0.3 is 0 Å². The molecule has 2 nitrogen and oxygen atoms in total. The minimum Gasteiger partial charge on any atom is -0.392 e. The maximum atomic E-state index is 9.06. The molecule has 1 aromatic rings. The molecule has 118 valence electrons. The van der Waals surface area contributed by atoms with Crippen molar-refractivity contribution in [1.29, 1.82) is 0 Å². The molecule has 0 saturated heterocycles. The monoisotopic (exact) mass is 289 g/mol. The van der Waals surface area contributed by atoms with Crippen molar-refractivity contribution in [2.45, 2.75) is 72.1 Å². The Kier molecular flexibility index (Phi) is 5.83. The smallest absolute Gasteiger partial charge is 0.0681 e. The number of hydrogen-bond donors (Lipinski definition) is 2. The van der Waals surface area contributed by atoms with E-state index in [4.69, 9.17) is 5.11 Å². The third kappa shape index (κ3) is 4.55. The van der Waals surface area contributed by atoms with Crippen molar-refractivity contribution in [1.82, 2.24) is 5.32 Å². The van der Waals surface area contributed by atoms with Gasteiger partial charge < -0.3 is 10.4 Å². The molecule has 0 amide bonds. The van der Waals surface area contributed by atoms with E-state index in [0.29, 0.717) is 11.5 Å². The van der Waals surface area contributed by atoms with Gasteiger partial charge in [-0.2, -0.15) is 0 Å². The maximum Gasteiger partial charge on any atom is 0.0681 e. The Morgan fingerprint density at radius 2 is 1.62 bits per heavy atom. The molecule has 0 spiro atoms. The first-order valence-corrected chi connectivity index (χ1v) is 8.47. The SMILES string of the molecule is CCC(C)(C)C1CCC(NCc2ccc(CO)cc2)CC1. The van der Waals surface area contributed by atoms with Crippen LogP contribution in [0.4, 0.5) is 0 Å².